The molecule has 16 heavy (non-hydrogen) atoms. The van der Waals surface area contributed by atoms with Crippen molar-refractivity contribution in [1.29, 1.82) is 0 Å². The van der Waals surface area contributed by atoms with Crippen LogP contribution in [0.2, 0.25) is 0 Å². The molecule has 2 rings (SSSR count). The zero-order valence-electron chi connectivity index (χ0n) is 10.4. The average molecular weight is 225 g/mol. The molecule has 0 aromatic carbocycles. The molecule has 4 nitrogen and oxygen atoms in total. The number of carbonyl (C=O) groups excluding carboxylic acids is 1. The van der Waals surface area contributed by atoms with Crippen LogP contribution in [-0.2, 0) is 4.79 Å². The maximum Gasteiger partial charge on any atom is 0.239 e. The number of nitrogens with two attached hydrogens (primary N) is 1. The van der Waals surface area contributed by atoms with E-state index >= 15 is 0 Å². The maximum absolute atomic E-state index is 12.1. The number of hydrogen-bond donors (Lipinski definition) is 1. The van der Waals surface area contributed by atoms with Crippen LogP contribution in [0.1, 0.15) is 33.1 Å². The number of rotatable bonds is 2. The van der Waals surface area contributed by atoms with Crippen molar-refractivity contribution in [1.82, 2.24) is 9.80 Å². The SMILES string of the molecule is CCC(N)C(=O)N1CC2CCCN2CC1C. The lowest BCUT2D eigenvalue weighted by molar-refractivity contribution is -0.138. The van der Waals surface area contributed by atoms with Gasteiger partial charge in [-0.3, -0.25) is 9.69 Å². The fourth-order valence-electron chi connectivity index (χ4n) is 2.88. The highest BCUT2D eigenvalue weighted by molar-refractivity contribution is 5.82. The van der Waals surface area contributed by atoms with Gasteiger partial charge in [0.05, 0.1) is 6.04 Å². The summed E-state index contributed by atoms with van der Waals surface area (Å²) in [7, 11) is 0. The molecule has 2 fully saturated rings. The van der Waals surface area contributed by atoms with Crippen molar-refractivity contribution in [2.45, 2.75) is 51.2 Å². The summed E-state index contributed by atoms with van der Waals surface area (Å²) in [6.45, 7) is 7.21. The molecular formula is C12H23N3O. The Morgan fingerprint density at radius 1 is 1.50 bits per heavy atom. The summed E-state index contributed by atoms with van der Waals surface area (Å²) in [4.78, 5) is 16.6. The molecule has 2 N–H and O–H groups in total. The predicted molar refractivity (Wildman–Crippen MR) is 64.0 cm³/mol. The Hall–Kier alpha value is -0.610. The Labute approximate surface area is 97.8 Å². The maximum atomic E-state index is 12.1. The second-order valence-electron chi connectivity index (χ2n) is 5.15. The van der Waals surface area contributed by atoms with Crippen LogP contribution in [0.25, 0.3) is 0 Å². The summed E-state index contributed by atoms with van der Waals surface area (Å²) in [5, 5.41) is 0. The molecule has 0 aromatic heterocycles. The molecular weight excluding hydrogens is 202 g/mol. The Morgan fingerprint density at radius 3 is 2.94 bits per heavy atom. The minimum Gasteiger partial charge on any atom is -0.336 e. The van der Waals surface area contributed by atoms with Crippen LogP contribution in [-0.4, -0.2) is 53.5 Å². The Balaban J connectivity index is 2.02. The molecule has 0 aromatic rings. The third-order valence-corrected chi connectivity index (χ3v) is 3.98. The van der Waals surface area contributed by atoms with Crippen molar-refractivity contribution in [2.75, 3.05) is 19.6 Å². The number of amides is 1. The van der Waals surface area contributed by atoms with E-state index in [2.05, 4.69) is 11.8 Å². The van der Waals surface area contributed by atoms with E-state index in [4.69, 9.17) is 5.73 Å². The van der Waals surface area contributed by atoms with Gasteiger partial charge < -0.3 is 10.6 Å². The highest BCUT2D eigenvalue weighted by Gasteiger charge is 2.37. The number of fused-ring (bicyclic) bond motifs is 1. The molecule has 3 atom stereocenters. The molecule has 0 bridgehead atoms. The number of hydrogen-bond acceptors (Lipinski definition) is 3. The van der Waals surface area contributed by atoms with Gasteiger partial charge in [0.15, 0.2) is 0 Å². The normalized spacial score (nSPS) is 32.6. The zero-order chi connectivity index (χ0) is 11.7. The van der Waals surface area contributed by atoms with Gasteiger partial charge in [0, 0.05) is 25.2 Å². The van der Waals surface area contributed by atoms with Crippen molar-refractivity contribution in [3.8, 4) is 0 Å². The second-order valence-corrected chi connectivity index (χ2v) is 5.15. The summed E-state index contributed by atoms with van der Waals surface area (Å²) in [6.07, 6.45) is 3.24. The largest absolute Gasteiger partial charge is 0.336 e. The van der Waals surface area contributed by atoms with Crippen LogP contribution >= 0.6 is 0 Å². The van der Waals surface area contributed by atoms with E-state index < -0.39 is 0 Å². The summed E-state index contributed by atoms with van der Waals surface area (Å²) in [5.41, 5.74) is 5.84. The van der Waals surface area contributed by atoms with Gasteiger partial charge >= 0.3 is 0 Å². The molecule has 0 aliphatic carbocycles. The molecule has 92 valence electrons. The summed E-state index contributed by atoms with van der Waals surface area (Å²) in [5.74, 6) is 0.140. The van der Waals surface area contributed by atoms with E-state index in [0.29, 0.717) is 12.1 Å². The van der Waals surface area contributed by atoms with Gasteiger partial charge in [0.2, 0.25) is 5.91 Å². The zero-order valence-corrected chi connectivity index (χ0v) is 10.4. The fraction of sp³-hybridized carbons (Fsp3) is 0.917. The van der Waals surface area contributed by atoms with E-state index in [0.717, 1.165) is 19.5 Å². The van der Waals surface area contributed by atoms with Gasteiger partial charge in [-0.2, -0.15) is 0 Å². The Bertz CT molecular complexity index is 269. The molecule has 2 heterocycles. The lowest BCUT2D eigenvalue weighted by Gasteiger charge is -2.43. The van der Waals surface area contributed by atoms with Crippen molar-refractivity contribution >= 4 is 5.91 Å². The third kappa shape index (κ3) is 2.09. The van der Waals surface area contributed by atoms with Gasteiger partial charge in [-0.15, -0.1) is 0 Å². The van der Waals surface area contributed by atoms with Crippen LogP contribution in [0, 0.1) is 0 Å². The van der Waals surface area contributed by atoms with Gasteiger partial charge in [0.1, 0.15) is 0 Å². The molecule has 3 unspecified atom stereocenters. The van der Waals surface area contributed by atoms with Crippen LogP contribution in [0.4, 0.5) is 0 Å². The van der Waals surface area contributed by atoms with Crippen LogP contribution in [0.3, 0.4) is 0 Å². The van der Waals surface area contributed by atoms with Crippen molar-refractivity contribution in [3.63, 3.8) is 0 Å². The van der Waals surface area contributed by atoms with Gasteiger partial charge in [-0.25, -0.2) is 0 Å². The average Bonchev–Trinajstić information content (AvgIpc) is 2.72. The van der Waals surface area contributed by atoms with Gasteiger partial charge in [-0.05, 0) is 32.7 Å². The molecule has 2 aliphatic rings. The fourth-order valence-corrected chi connectivity index (χ4v) is 2.88. The van der Waals surface area contributed by atoms with Crippen LogP contribution < -0.4 is 5.73 Å². The first kappa shape index (κ1) is 11.9. The minimum absolute atomic E-state index is 0.140. The van der Waals surface area contributed by atoms with E-state index in [9.17, 15) is 4.79 Å². The summed E-state index contributed by atoms with van der Waals surface area (Å²) >= 11 is 0. The first-order valence-electron chi connectivity index (χ1n) is 6.43. The molecule has 0 radical (unpaired) electrons. The standard InChI is InChI=1S/C12H23N3O/c1-3-11(13)12(16)15-8-10-5-4-6-14(10)7-9(15)2/h9-11H,3-8,13H2,1-2H3. The first-order valence-corrected chi connectivity index (χ1v) is 6.43. The summed E-state index contributed by atoms with van der Waals surface area (Å²) < 4.78 is 0. The van der Waals surface area contributed by atoms with E-state index in [1.165, 1.54) is 19.4 Å². The highest BCUT2D eigenvalue weighted by Crippen LogP contribution is 2.24. The predicted octanol–water partition coefficient (Wildman–Crippen LogP) is 0.419. The van der Waals surface area contributed by atoms with Gasteiger partial charge in [0.25, 0.3) is 0 Å². The van der Waals surface area contributed by atoms with Crippen molar-refractivity contribution < 1.29 is 4.79 Å². The molecule has 2 aliphatic heterocycles. The van der Waals surface area contributed by atoms with Crippen LogP contribution in [0.15, 0.2) is 0 Å². The van der Waals surface area contributed by atoms with Gasteiger partial charge in [-0.1, -0.05) is 6.92 Å². The molecule has 2 saturated heterocycles. The summed E-state index contributed by atoms with van der Waals surface area (Å²) in [6, 6.07) is 0.596. The monoisotopic (exact) mass is 225 g/mol. The topological polar surface area (TPSA) is 49.6 Å². The number of nitrogens with zero attached hydrogens (tertiary/aromatic N) is 2. The lowest BCUT2D eigenvalue weighted by atomic mass is 10.1. The second kappa shape index (κ2) is 4.72. The molecule has 1 amide bonds. The molecule has 4 heteroatoms. The quantitative estimate of drug-likeness (QED) is 0.741. The van der Waals surface area contributed by atoms with Crippen molar-refractivity contribution in [2.24, 2.45) is 5.73 Å². The smallest absolute Gasteiger partial charge is 0.239 e. The lowest BCUT2D eigenvalue weighted by Crippen LogP contribution is -2.59. The van der Waals surface area contributed by atoms with E-state index in [1.54, 1.807) is 0 Å². The van der Waals surface area contributed by atoms with Crippen LogP contribution in [0.5, 0.6) is 0 Å². The molecule has 0 spiro atoms. The minimum atomic E-state index is -0.310. The third-order valence-electron chi connectivity index (χ3n) is 3.98. The number of carbonyl (C=O) groups is 1. The van der Waals surface area contributed by atoms with E-state index in [-0.39, 0.29) is 11.9 Å². The Morgan fingerprint density at radius 2 is 2.25 bits per heavy atom. The number of piperazine rings is 1. The van der Waals surface area contributed by atoms with E-state index in [1.807, 2.05) is 11.8 Å². The van der Waals surface area contributed by atoms with Crippen molar-refractivity contribution in [3.05, 3.63) is 0 Å². The first-order chi connectivity index (χ1) is 7.63. The molecule has 0 saturated carbocycles. The highest BCUT2D eigenvalue weighted by atomic mass is 16.2. The Kier molecular flexibility index (Phi) is 3.50.